The molecule has 7 heteroatoms. The van der Waals surface area contributed by atoms with Crippen molar-refractivity contribution in [1.29, 1.82) is 0 Å². The van der Waals surface area contributed by atoms with E-state index < -0.39 is 0 Å². The first-order valence-electron chi connectivity index (χ1n) is 6.23. The van der Waals surface area contributed by atoms with E-state index in [0.29, 0.717) is 5.70 Å². The highest BCUT2D eigenvalue weighted by molar-refractivity contribution is 5.94. The molecule has 0 saturated carbocycles. The summed E-state index contributed by atoms with van der Waals surface area (Å²) in [6.07, 6.45) is 3.48. The maximum absolute atomic E-state index is 4.96. The summed E-state index contributed by atoms with van der Waals surface area (Å²) in [4.78, 5) is 4.02. The van der Waals surface area contributed by atoms with Gasteiger partial charge in [-0.3, -0.25) is 15.5 Å². The quantitative estimate of drug-likeness (QED) is 0.387. The Labute approximate surface area is 120 Å². The van der Waals surface area contributed by atoms with Crippen molar-refractivity contribution in [3.63, 3.8) is 0 Å². The van der Waals surface area contributed by atoms with Gasteiger partial charge in [0.15, 0.2) is 0 Å². The number of fused-ring (bicyclic) bond motifs is 1. The van der Waals surface area contributed by atoms with Crippen molar-refractivity contribution in [1.82, 2.24) is 20.6 Å². The molecule has 0 atom stereocenters. The van der Waals surface area contributed by atoms with Gasteiger partial charge >= 0.3 is 0 Å². The Balaban J connectivity index is 2.06. The second kappa shape index (κ2) is 5.41. The number of H-pyrrole nitrogens is 1. The number of benzene rings is 1. The monoisotopic (exact) mass is 279 g/mol. The molecule has 0 amide bonds. The maximum atomic E-state index is 4.96. The Morgan fingerprint density at radius 1 is 1.24 bits per heavy atom. The zero-order valence-corrected chi connectivity index (χ0v) is 11.1. The Kier molecular flexibility index (Phi) is 3.30. The van der Waals surface area contributed by atoms with Crippen molar-refractivity contribution < 1.29 is 0 Å². The summed E-state index contributed by atoms with van der Waals surface area (Å²) >= 11 is 0. The second-order valence-corrected chi connectivity index (χ2v) is 4.37. The summed E-state index contributed by atoms with van der Waals surface area (Å²) < 4.78 is 0. The molecule has 0 radical (unpaired) electrons. The average molecular weight is 279 g/mol. The van der Waals surface area contributed by atoms with Crippen LogP contribution in [0.25, 0.3) is 27.9 Å². The number of nitrogens with two attached hydrogens (primary N) is 1. The summed E-state index contributed by atoms with van der Waals surface area (Å²) in [7, 11) is 0. The molecule has 1 aromatic carbocycles. The number of hydrogen-bond acceptors (Lipinski definition) is 4. The lowest BCUT2D eigenvalue weighted by Gasteiger charge is -2.04. The maximum Gasteiger partial charge on any atom is 0.100 e. The van der Waals surface area contributed by atoms with Crippen LogP contribution in [-0.4, -0.2) is 15.2 Å². The smallest absolute Gasteiger partial charge is 0.100 e. The number of aromatic amines is 1. The first-order valence-corrected chi connectivity index (χ1v) is 6.23. The zero-order valence-electron chi connectivity index (χ0n) is 11.1. The number of aromatic nitrogens is 3. The lowest BCUT2D eigenvalue weighted by molar-refractivity contribution is 0.840. The molecule has 0 unspecified atom stereocenters. The van der Waals surface area contributed by atoms with Crippen LogP contribution in [0, 0.1) is 0 Å². The summed E-state index contributed by atoms with van der Waals surface area (Å²) in [5.41, 5.74) is 6.95. The first kappa shape index (κ1) is 12.8. The molecule has 104 valence electrons. The Hall–Kier alpha value is -3.22. The van der Waals surface area contributed by atoms with Crippen LogP contribution in [0.2, 0.25) is 0 Å². The Morgan fingerprint density at radius 2 is 2.05 bits per heavy atom. The van der Waals surface area contributed by atoms with Gasteiger partial charge < -0.3 is 5.84 Å². The molecule has 3 aromatic rings. The van der Waals surface area contributed by atoms with Gasteiger partial charge in [0.05, 0.1) is 11.2 Å². The molecule has 2 aromatic heterocycles. The topological polar surface area (TPSA) is 104 Å². The summed E-state index contributed by atoms with van der Waals surface area (Å²) in [5.74, 6) is 4.96. The van der Waals surface area contributed by atoms with E-state index in [-0.39, 0.29) is 0 Å². The van der Waals surface area contributed by atoms with Crippen molar-refractivity contribution in [2.24, 2.45) is 16.3 Å². The third-order valence-electron chi connectivity index (χ3n) is 3.11. The highest BCUT2D eigenvalue weighted by Crippen LogP contribution is 2.27. The lowest BCUT2D eigenvalue weighted by atomic mass is 10.1. The molecule has 3 rings (SSSR count). The molecular formula is C14H13N7. The van der Waals surface area contributed by atoms with E-state index in [0.717, 1.165) is 27.7 Å². The molecule has 2 heterocycles. The third kappa shape index (κ3) is 2.44. The van der Waals surface area contributed by atoms with Gasteiger partial charge in [0.2, 0.25) is 0 Å². The van der Waals surface area contributed by atoms with E-state index >= 15 is 0 Å². The number of hydrogen-bond donors (Lipinski definition) is 3. The average Bonchev–Trinajstić information content (AvgIpc) is 2.96. The fourth-order valence-electron chi connectivity index (χ4n) is 2.09. The fraction of sp³-hybridized carbons (Fsp3) is 0. The molecule has 0 aliphatic carbocycles. The molecule has 0 aliphatic heterocycles. The van der Waals surface area contributed by atoms with Crippen LogP contribution >= 0.6 is 0 Å². The summed E-state index contributed by atoms with van der Waals surface area (Å²) in [6, 6.07) is 9.67. The summed E-state index contributed by atoms with van der Waals surface area (Å²) in [6.45, 7) is 3.90. The predicted molar refractivity (Wildman–Crippen MR) is 80.5 cm³/mol. The van der Waals surface area contributed by atoms with Crippen molar-refractivity contribution >= 4 is 16.6 Å². The highest BCUT2D eigenvalue weighted by Gasteiger charge is 2.09. The molecule has 0 fully saturated rings. The van der Waals surface area contributed by atoms with Gasteiger partial charge in [-0.25, -0.2) is 0 Å². The van der Waals surface area contributed by atoms with E-state index in [1.807, 2.05) is 30.3 Å². The normalized spacial score (nSPS) is 11.0. The van der Waals surface area contributed by atoms with Crippen LogP contribution in [-0.2, 0) is 0 Å². The molecule has 0 aliphatic rings. The lowest BCUT2D eigenvalue weighted by Crippen LogP contribution is -2.02. The SMILES string of the molecule is C=C(N/N=N\N)c1ccc2[nH]nc(-c3ccncc3)c2c1. The minimum absolute atomic E-state index is 0.605. The van der Waals surface area contributed by atoms with Crippen LogP contribution in [0.3, 0.4) is 0 Å². The minimum atomic E-state index is 0.605. The van der Waals surface area contributed by atoms with Gasteiger partial charge in [-0.15, -0.1) is 0 Å². The largest absolute Gasteiger partial charge is 0.303 e. The minimum Gasteiger partial charge on any atom is -0.303 e. The zero-order chi connectivity index (χ0) is 14.7. The number of nitrogens with one attached hydrogen (secondary N) is 2. The Morgan fingerprint density at radius 3 is 2.81 bits per heavy atom. The van der Waals surface area contributed by atoms with Crippen LogP contribution in [0.5, 0.6) is 0 Å². The van der Waals surface area contributed by atoms with Crippen molar-refractivity contribution in [3.8, 4) is 11.3 Å². The van der Waals surface area contributed by atoms with Gasteiger partial charge in [-0.1, -0.05) is 23.1 Å². The highest BCUT2D eigenvalue weighted by atomic mass is 15.5. The molecule has 0 spiro atoms. The van der Waals surface area contributed by atoms with Crippen LogP contribution in [0.1, 0.15) is 5.56 Å². The van der Waals surface area contributed by atoms with Crippen LogP contribution in [0.15, 0.2) is 59.8 Å². The van der Waals surface area contributed by atoms with Crippen molar-refractivity contribution in [2.75, 3.05) is 0 Å². The van der Waals surface area contributed by atoms with E-state index in [1.54, 1.807) is 12.4 Å². The van der Waals surface area contributed by atoms with Gasteiger partial charge in [0, 0.05) is 23.3 Å². The van der Waals surface area contributed by atoms with E-state index in [9.17, 15) is 0 Å². The molecule has 21 heavy (non-hydrogen) atoms. The fourth-order valence-corrected chi connectivity index (χ4v) is 2.09. The molecule has 7 nitrogen and oxygen atoms in total. The molecular weight excluding hydrogens is 266 g/mol. The molecule has 0 saturated heterocycles. The van der Waals surface area contributed by atoms with Gasteiger partial charge in [0.1, 0.15) is 5.69 Å². The Bertz CT molecular complexity index is 805. The number of pyridine rings is 1. The second-order valence-electron chi connectivity index (χ2n) is 4.37. The van der Waals surface area contributed by atoms with E-state index in [4.69, 9.17) is 5.84 Å². The number of rotatable bonds is 4. The van der Waals surface area contributed by atoms with Crippen molar-refractivity contribution in [2.45, 2.75) is 0 Å². The van der Waals surface area contributed by atoms with Crippen LogP contribution < -0.4 is 11.3 Å². The van der Waals surface area contributed by atoms with Crippen LogP contribution in [0.4, 0.5) is 0 Å². The third-order valence-corrected chi connectivity index (χ3v) is 3.11. The van der Waals surface area contributed by atoms with E-state index in [2.05, 4.69) is 37.6 Å². The van der Waals surface area contributed by atoms with E-state index in [1.165, 1.54) is 0 Å². The standard InChI is InChI=1S/C14H13N7/c1-9(17-21-20-15)11-2-3-13-12(8-11)14(19-18-13)10-4-6-16-7-5-10/h2-8H,1H2,(H2,15,21)(H,17,20)(H,18,19). The first-order chi connectivity index (χ1) is 10.3. The van der Waals surface area contributed by atoms with Gasteiger partial charge in [-0.05, 0) is 29.8 Å². The number of nitrogens with zero attached hydrogens (tertiary/aromatic N) is 4. The molecule has 4 N–H and O–H groups in total. The summed E-state index contributed by atoms with van der Waals surface area (Å²) in [5, 5.41) is 15.0. The van der Waals surface area contributed by atoms with Gasteiger partial charge in [0.25, 0.3) is 0 Å². The van der Waals surface area contributed by atoms with Crippen molar-refractivity contribution in [3.05, 3.63) is 54.9 Å². The molecule has 0 bridgehead atoms. The van der Waals surface area contributed by atoms with Gasteiger partial charge in [-0.2, -0.15) is 5.10 Å². The predicted octanol–water partition coefficient (Wildman–Crippen LogP) is 2.43.